The van der Waals surface area contributed by atoms with Crippen molar-refractivity contribution in [2.75, 3.05) is 10.5 Å². The van der Waals surface area contributed by atoms with Gasteiger partial charge in [0.25, 0.3) is 0 Å². The summed E-state index contributed by atoms with van der Waals surface area (Å²) in [7, 11) is 0. The van der Waals surface area contributed by atoms with E-state index < -0.39 is 0 Å². The molecule has 0 bridgehead atoms. The summed E-state index contributed by atoms with van der Waals surface area (Å²) in [5.41, 5.74) is 0.281. The molecule has 1 aromatic carbocycles. The van der Waals surface area contributed by atoms with Crippen LogP contribution in [-0.4, -0.2) is 0 Å². The smallest absolute Gasteiger partial charge is 0.0531 e. The van der Waals surface area contributed by atoms with Gasteiger partial charge >= 0.3 is 0 Å². The van der Waals surface area contributed by atoms with Crippen LogP contribution in [0.5, 0.6) is 0 Å². The van der Waals surface area contributed by atoms with Crippen molar-refractivity contribution >= 4 is 11.4 Å². The van der Waals surface area contributed by atoms with Crippen LogP contribution >= 0.6 is 0 Å². The van der Waals surface area contributed by atoms with Gasteiger partial charge in [-0.2, -0.15) is 21.7 Å². The Morgan fingerprint density at radius 1 is 0.857 bits per heavy atom. The molecule has 0 amide bonds. The van der Waals surface area contributed by atoms with Crippen molar-refractivity contribution in [3.05, 3.63) is 34.7 Å². The average molecular weight is 200 g/mol. The minimum absolute atomic E-state index is 0.0855. The first kappa shape index (κ1) is 10.7. The van der Waals surface area contributed by atoms with E-state index in [4.69, 9.17) is 0 Å². The van der Waals surface area contributed by atoms with Crippen molar-refractivity contribution < 1.29 is 9.88 Å². The molecule has 1 rings (SSSR count). The minimum atomic E-state index is 0.0855. The van der Waals surface area contributed by atoms with Crippen LogP contribution in [0.15, 0.2) is 24.3 Å². The molecule has 0 aliphatic rings. The first-order valence-electron chi connectivity index (χ1n) is 3.47. The van der Waals surface area contributed by atoms with Gasteiger partial charge in [-0.15, -0.1) is 0 Å². The zero-order valence-electron chi connectivity index (χ0n) is 6.99. The van der Waals surface area contributed by atoms with E-state index in [9.17, 15) is 10.4 Å². The highest BCUT2D eigenvalue weighted by molar-refractivity contribution is 5.54. The van der Waals surface area contributed by atoms with Crippen molar-refractivity contribution in [3.8, 4) is 0 Å². The molecule has 0 aliphatic carbocycles. The molecule has 0 radical (unpaired) electrons. The van der Waals surface area contributed by atoms with Crippen molar-refractivity contribution in [2.45, 2.75) is 0 Å². The SMILES string of the molecule is NON([O-])c1ccc(N([O-])ON)cc1. The van der Waals surface area contributed by atoms with Gasteiger partial charge in [0.05, 0.1) is 11.4 Å². The maximum Gasteiger partial charge on any atom is 0.0531 e. The van der Waals surface area contributed by atoms with E-state index in [2.05, 4.69) is 21.7 Å². The van der Waals surface area contributed by atoms with E-state index in [1.54, 1.807) is 0 Å². The van der Waals surface area contributed by atoms with Crippen molar-refractivity contribution in [1.82, 2.24) is 0 Å². The number of hydrogen-bond donors (Lipinski definition) is 2. The summed E-state index contributed by atoms with van der Waals surface area (Å²) < 4.78 is 0. The average Bonchev–Trinajstić information content (AvgIpc) is 2.27. The van der Waals surface area contributed by atoms with Crippen LogP contribution in [0.4, 0.5) is 11.4 Å². The van der Waals surface area contributed by atoms with E-state index in [0.29, 0.717) is 0 Å². The van der Waals surface area contributed by atoms with Gasteiger partial charge in [0.15, 0.2) is 0 Å². The van der Waals surface area contributed by atoms with Crippen LogP contribution in [0.1, 0.15) is 0 Å². The fourth-order valence-corrected chi connectivity index (χ4v) is 0.818. The van der Waals surface area contributed by atoms with E-state index in [-0.39, 0.29) is 21.8 Å². The predicted molar refractivity (Wildman–Crippen MR) is 48.7 cm³/mol. The standard InChI is InChI=1S/C6H8N4O4/c7-13-9(11)5-1-2-6(4-3-5)10(12)14-8/h1-4H,7-8H2/q-2. The van der Waals surface area contributed by atoms with E-state index >= 15 is 0 Å². The van der Waals surface area contributed by atoms with Gasteiger partial charge in [-0.25, -0.2) is 0 Å². The van der Waals surface area contributed by atoms with Crippen LogP contribution in [0.2, 0.25) is 0 Å². The molecular formula is C6H8N4O4-2. The predicted octanol–water partition coefficient (Wildman–Crippen LogP) is -0.0944. The van der Waals surface area contributed by atoms with Gasteiger partial charge < -0.3 is 10.4 Å². The zero-order valence-corrected chi connectivity index (χ0v) is 6.99. The van der Waals surface area contributed by atoms with Crippen molar-refractivity contribution in [1.29, 1.82) is 0 Å². The first-order chi connectivity index (χ1) is 6.69. The Bertz CT molecular complexity index is 251. The fourth-order valence-electron chi connectivity index (χ4n) is 0.818. The number of hydrogen-bond acceptors (Lipinski definition) is 8. The molecule has 0 saturated carbocycles. The van der Waals surface area contributed by atoms with Gasteiger partial charge in [-0.3, -0.25) is 10.5 Å². The largest absolute Gasteiger partial charge is 0.732 e. The van der Waals surface area contributed by atoms with Crippen LogP contribution in [0.3, 0.4) is 0 Å². The first-order valence-corrected chi connectivity index (χ1v) is 3.47. The molecule has 0 atom stereocenters. The summed E-state index contributed by atoms with van der Waals surface area (Å²) in [5, 5.41) is 21.7. The lowest BCUT2D eigenvalue weighted by Crippen LogP contribution is -2.21. The summed E-state index contributed by atoms with van der Waals surface area (Å²) in [5.74, 6) is 9.25. The number of anilines is 2. The maximum atomic E-state index is 10.8. The molecular weight excluding hydrogens is 192 g/mol. The molecule has 0 aliphatic heterocycles. The Hall–Kier alpha value is -1.42. The van der Waals surface area contributed by atoms with E-state index in [1.807, 2.05) is 0 Å². The zero-order chi connectivity index (χ0) is 10.6. The Morgan fingerprint density at radius 3 is 1.36 bits per heavy atom. The molecule has 0 aromatic heterocycles. The van der Waals surface area contributed by atoms with Gasteiger partial charge in [-0.1, -0.05) is 0 Å². The Kier molecular flexibility index (Phi) is 3.59. The van der Waals surface area contributed by atoms with Gasteiger partial charge in [0.1, 0.15) is 0 Å². The molecule has 8 nitrogen and oxygen atoms in total. The monoisotopic (exact) mass is 200 g/mol. The number of rotatable bonds is 4. The summed E-state index contributed by atoms with van der Waals surface area (Å²) in [6.07, 6.45) is 0. The Labute approximate surface area is 79.2 Å². The van der Waals surface area contributed by atoms with Crippen LogP contribution in [0.25, 0.3) is 0 Å². The second-order valence-electron chi connectivity index (χ2n) is 2.24. The third kappa shape index (κ3) is 2.29. The van der Waals surface area contributed by atoms with E-state index in [1.165, 1.54) is 24.3 Å². The summed E-state index contributed by atoms with van der Waals surface area (Å²) in [6.45, 7) is 0. The van der Waals surface area contributed by atoms with Gasteiger partial charge in [-0.05, 0) is 24.3 Å². The molecule has 1 aromatic rings. The third-order valence-electron chi connectivity index (χ3n) is 1.46. The molecule has 0 saturated heterocycles. The van der Waals surface area contributed by atoms with Gasteiger partial charge in [0, 0.05) is 0 Å². The normalized spacial score (nSPS) is 10.0. The summed E-state index contributed by atoms with van der Waals surface area (Å²) in [4.78, 5) is 7.79. The Morgan fingerprint density at radius 2 is 1.14 bits per heavy atom. The lowest BCUT2D eigenvalue weighted by atomic mass is 10.3. The number of nitrogens with zero attached hydrogens (tertiary/aromatic N) is 2. The second kappa shape index (κ2) is 4.72. The highest BCUT2D eigenvalue weighted by atomic mass is 16.9. The number of benzene rings is 1. The van der Waals surface area contributed by atoms with E-state index in [0.717, 1.165) is 0 Å². The molecule has 0 spiro atoms. The topological polar surface area (TPSA) is 123 Å². The molecule has 14 heavy (non-hydrogen) atoms. The summed E-state index contributed by atoms with van der Waals surface area (Å²) >= 11 is 0. The molecule has 78 valence electrons. The van der Waals surface area contributed by atoms with Crippen LogP contribution < -0.4 is 22.2 Å². The fraction of sp³-hybridized carbons (Fsp3) is 0. The number of nitrogens with two attached hydrogens (primary N) is 2. The van der Waals surface area contributed by atoms with Crippen molar-refractivity contribution in [3.63, 3.8) is 0 Å². The quantitative estimate of drug-likeness (QED) is 0.646. The lowest BCUT2D eigenvalue weighted by molar-refractivity contribution is 0.135. The van der Waals surface area contributed by atoms with Gasteiger partial charge in [0.2, 0.25) is 0 Å². The second-order valence-corrected chi connectivity index (χ2v) is 2.24. The highest BCUT2D eigenvalue weighted by Crippen LogP contribution is 2.19. The molecule has 0 unspecified atom stereocenters. The molecule has 8 heteroatoms. The van der Waals surface area contributed by atoms with Crippen molar-refractivity contribution in [2.24, 2.45) is 11.8 Å². The minimum Gasteiger partial charge on any atom is -0.732 e. The molecule has 4 N–H and O–H groups in total. The lowest BCUT2D eigenvalue weighted by Gasteiger charge is -2.28. The van der Waals surface area contributed by atoms with Crippen LogP contribution in [-0.2, 0) is 9.88 Å². The highest BCUT2D eigenvalue weighted by Gasteiger charge is 1.97. The maximum absolute atomic E-state index is 10.8. The molecule has 0 heterocycles. The molecule has 0 fully saturated rings. The Balaban J connectivity index is 2.78. The van der Waals surface area contributed by atoms with Crippen LogP contribution in [0, 0.1) is 10.4 Å². The third-order valence-corrected chi connectivity index (χ3v) is 1.46. The summed E-state index contributed by atoms with van der Waals surface area (Å²) in [6, 6.07) is 5.27.